The van der Waals surface area contributed by atoms with Crippen molar-refractivity contribution >= 4 is 11.9 Å². The fourth-order valence-corrected chi connectivity index (χ4v) is 0.539. The van der Waals surface area contributed by atoms with Gasteiger partial charge in [-0.25, -0.2) is 13.6 Å². The number of aliphatic carboxylic acids is 1. The Balaban J connectivity index is 4.54. The molecule has 0 aliphatic carbocycles. The van der Waals surface area contributed by atoms with Gasteiger partial charge in [0.05, 0.1) is 6.61 Å². The molecule has 0 rings (SSSR count). The summed E-state index contributed by atoms with van der Waals surface area (Å²) in [6.45, 7) is -1.18. The molecule has 0 fully saturated rings. The maximum absolute atomic E-state index is 12.3. The number of hydrogen-bond acceptors (Lipinski definition) is 3. The molecule has 0 saturated heterocycles. The number of carboxylic acids is 1. The summed E-state index contributed by atoms with van der Waals surface area (Å²) in [6.07, 6.45) is -4.24. The van der Waals surface area contributed by atoms with Crippen molar-refractivity contribution < 1.29 is 37.4 Å². The van der Waals surface area contributed by atoms with Gasteiger partial charge in [0, 0.05) is 0 Å². The van der Waals surface area contributed by atoms with Crippen LogP contribution in [0.2, 0.25) is 0 Å². The minimum Gasteiger partial charge on any atom is -0.480 e. The zero-order valence-electron chi connectivity index (χ0n) is 7.08. The van der Waals surface area contributed by atoms with Crippen LogP contribution in [0, 0.1) is 0 Å². The van der Waals surface area contributed by atoms with Crippen molar-refractivity contribution in [1.29, 1.82) is 0 Å². The van der Waals surface area contributed by atoms with Crippen molar-refractivity contribution in [3.8, 4) is 0 Å². The van der Waals surface area contributed by atoms with E-state index in [4.69, 9.17) is 10.2 Å². The fourth-order valence-electron chi connectivity index (χ4n) is 0.539. The van der Waals surface area contributed by atoms with Crippen molar-refractivity contribution in [3.63, 3.8) is 0 Å². The van der Waals surface area contributed by atoms with E-state index in [0.29, 0.717) is 0 Å². The second kappa shape index (κ2) is 4.91. The lowest BCUT2D eigenvalue weighted by molar-refractivity contribution is -0.172. The Morgan fingerprint density at radius 1 is 1.33 bits per heavy atom. The van der Waals surface area contributed by atoms with Crippen molar-refractivity contribution in [2.75, 3.05) is 6.61 Å². The number of halogens is 4. The lowest BCUT2D eigenvalue weighted by atomic mass is 10.2. The molecular formula is C6H7F4NO4. The van der Waals surface area contributed by atoms with Crippen LogP contribution in [0.1, 0.15) is 0 Å². The molecule has 0 bridgehead atoms. The van der Waals surface area contributed by atoms with Crippen LogP contribution in [0.3, 0.4) is 0 Å². The lowest BCUT2D eigenvalue weighted by Crippen LogP contribution is -2.52. The molecule has 88 valence electrons. The molecule has 15 heavy (non-hydrogen) atoms. The largest absolute Gasteiger partial charge is 0.480 e. The summed E-state index contributed by atoms with van der Waals surface area (Å²) in [7, 11) is 0. The van der Waals surface area contributed by atoms with Gasteiger partial charge in [-0.05, 0) is 0 Å². The van der Waals surface area contributed by atoms with Gasteiger partial charge in [0.1, 0.15) is 0 Å². The van der Waals surface area contributed by atoms with E-state index >= 15 is 0 Å². The number of amides is 1. The van der Waals surface area contributed by atoms with Gasteiger partial charge in [-0.15, -0.1) is 0 Å². The summed E-state index contributed by atoms with van der Waals surface area (Å²) in [6, 6.07) is -2.04. The Labute approximate surface area is 80.7 Å². The third kappa shape index (κ3) is 3.35. The van der Waals surface area contributed by atoms with E-state index in [1.807, 2.05) is 0 Å². The second-order valence-electron chi connectivity index (χ2n) is 2.47. The van der Waals surface area contributed by atoms with Crippen LogP contribution >= 0.6 is 0 Å². The molecule has 9 heteroatoms. The van der Waals surface area contributed by atoms with Crippen molar-refractivity contribution in [3.05, 3.63) is 0 Å². The van der Waals surface area contributed by atoms with E-state index in [9.17, 15) is 27.2 Å². The zero-order chi connectivity index (χ0) is 12.2. The van der Waals surface area contributed by atoms with Crippen molar-refractivity contribution in [2.45, 2.75) is 18.4 Å². The fraction of sp³-hybridized carbons (Fsp3) is 0.667. The number of carboxylic acid groups (broad SMARTS) is 1. The first-order valence-electron chi connectivity index (χ1n) is 3.54. The van der Waals surface area contributed by atoms with Crippen LogP contribution in [0.25, 0.3) is 0 Å². The summed E-state index contributed by atoms with van der Waals surface area (Å²) in [4.78, 5) is 20.6. The number of aliphatic hydroxyl groups excluding tert-OH is 1. The summed E-state index contributed by atoms with van der Waals surface area (Å²) < 4.78 is 47.7. The Morgan fingerprint density at radius 2 is 1.80 bits per heavy atom. The first kappa shape index (κ1) is 13.6. The van der Waals surface area contributed by atoms with Crippen molar-refractivity contribution in [2.24, 2.45) is 0 Å². The summed E-state index contributed by atoms with van der Waals surface area (Å²) in [5.41, 5.74) is 0. The zero-order valence-corrected chi connectivity index (χ0v) is 7.08. The van der Waals surface area contributed by atoms with Gasteiger partial charge < -0.3 is 15.5 Å². The van der Waals surface area contributed by atoms with E-state index in [0.717, 1.165) is 5.32 Å². The average molecular weight is 233 g/mol. The van der Waals surface area contributed by atoms with E-state index in [-0.39, 0.29) is 0 Å². The van der Waals surface area contributed by atoms with Gasteiger partial charge in [0.2, 0.25) is 0 Å². The van der Waals surface area contributed by atoms with Gasteiger partial charge in [0.25, 0.3) is 5.91 Å². The first-order valence-corrected chi connectivity index (χ1v) is 3.54. The van der Waals surface area contributed by atoms with E-state index in [1.165, 1.54) is 0 Å². The normalized spacial score (nSPS) is 13.7. The smallest absolute Gasteiger partial charge is 0.383 e. The molecule has 1 atom stereocenters. The third-order valence-corrected chi connectivity index (χ3v) is 1.36. The summed E-state index contributed by atoms with van der Waals surface area (Å²) >= 11 is 0. The van der Waals surface area contributed by atoms with Crippen LogP contribution in [0.15, 0.2) is 0 Å². The molecule has 1 amide bonds. The first-order chi connectivity index (χ1) is 6.73. The standard InChI is InChI=1S/C6H7F4NO4/c7-4(8)6(9,10)5(15)11-2(1-12)3(13)14/h2,4,12H,1H2,(H,11,15)(H,13,14)/t2-/m1/s1. The van der Waals surface area contributed by atoms with E-state index in [2.05, 4.69) is 0 Å². The number of alkyl halides is 4. The highest BCUT2D eigenvalue weighted by atomic mass is 19.3. The lowest BCUT2D eigenvalue weighted by Gasteiger charge is -2.17. The van der Waals surface area contributed by atoms with Crippen LogP contribution in [-0.4, -0.2) is 47.1 Å². The van der Waals surface area contributed by atoms with Gasteiger partial charge >= 0.3 is 18.3 Å². The maximum atomic E-state index is 12.3. The highest BCUT2D eigenvalue weighted by molar-refractivity contribution is 5.88. The summed E-state index contributed by atoms with van der Waals surface area (Å²) in [5.74, 6) is -9.24. The predicted octanol–water partition coefficient (Wildman–Crippen LogP) is -0.551. The number of hydrogen-bond donors (Lipinski definition) is 3. The molecule has 0 spiro atoms. The maximum Gasteiger partial charge on any atom is 0.383 e. The molecule has 3 N–H and O–H groups in total. The Kier molecular flexibility index (Phi) is 4.46. The molecule has 0 unspecified atom stereocenters. The Morgan fingerprint density at radius 3 is 2.07 bits per heavy atom. The molecular weight excluding hydrogens is 226 g/mol. The minimum atomic E-state index is -4.98. The van der Waals surface area contributed by atoms with Crippen LogP contribution in [0.5, 0.6) is 0 Å². The molecule has 0 heterocycles. The summed E-state index contributed by atoms with van der Waals surface area (Å²) in [5, 5.41) is 17.6. The topological polar surface area (TPSA) is 86.6 Å². The van der Waals surface area contributed by atoms with Gasteiger partial charge in [-0.1, -0.05) is 0 Å². The number of carbonyl (C=O) groups is 2. The van der Waals surface area contributed by atoms with E-state index in [1.54, 1.807) is 0 Å². The van der Waals surface area contributed by atoms with Gasteiger partial charge in [-0.3, -0.25) is 4.79 Å². The minimum absolute atomic E-state index is 1.07. The van der Waals surface area contributed by atoms with Crippen LogP contribution in [0.4, 0.5) is 17.6 Å². The van der Waals surface area contributed by atoms with Crippen LogP contribution in [-0.2, 0) is 9.59 Å². The highest BCUT2D eigenvalue weighted by Crippen LogP contribution is 2.22. The average Bonchev–Trinajstić information content (AvgIpc) is 2.12. The van der Waals surface area contributed by atoms with Crippen LogP contribution < -0.4 is 5.32 Å². The molecule has 0 aromatic heterocycles. The van der Waals surface area contributed by atoms with Gasteiger partial charge in [0.15, 0.2) is 6.04 Å². The molecule has 5 nitrogen and oxygen atoms in total. The Bertz CT molecular complexity index is 258. The van der Waals surface area contributed by atoms with E-state index < -0.39 is 36.9 Å². The number of nitrogens with one attached hydrogen (secondary N) is 1. The molecule has 0 aliphatic rings. The number of aliphatic hydroxyl groups is 1. The molecule has 0 saturated carbocycles. The molecule has 0 aromatic carbocycles. The molecule has 0 aromatic rings. The Hall–Kier alpha value is -1.38. The number of rotatable bonds is 5. The van der Waals surface area contributed by atoms with Crippen molar-refractivity contribution in [1.82, 2.24) is 5.32 Å². The van der Waals surface area contributed by atoms with Gasteiger partial charge in [-0.2, -0.15) is 8.78 Å². The third-order valence-electron chi connectivity index (χ3n) is 1.36. The predicted molar refractivity (Wildman–Crippen MR) is 37.6 cm³/mol. The molecule has 0 aliphatic heterocycles. The highest BCUT2D eigenvalue weighted by Gasteiger charge is 2.49. The number of carbonyl (C=O) groups excluding carboxylic acids is 1. The second-order valence-corrected chi connectivity index (χ2v) is 2.47. The SMILES string of the molecule is O=C(O)[C@@H](CO)NC(=O)C(F)(F)C(F)F. The monoisotopic (exact) mass is 233 g/mol. The molecule has 0 radical (unpaired) electrons. The quantitative estimate of drug-likeness (QED) is 0.556.